The number of rotatable bonds is 7. The van der Waals surface area contributed by atoms with Crippen molar-refractivity contribution >= 4 is 31.9 Å². The monoisotopic (exact) mass is 317 g/mol. The summed E-state index contributed by atoms with van der Waals surface area (Å²) in [7, 11) is -3.03. The summed E-state index contributed by atoms with van der Waals surface area (Å²) in [4.78, 5) is 0.362. The number of hydrogen-bond donors (Lipinski definition) is 2. The molecular formula is C12H19N3O3S2. The molecule has 1 aromatic rings. The highest BCUT2D eigenvalue weighted by Gasteiger charge is 2.18. The zero-order chi connectivity index (χ0) is 15.3. The van der Waals surface area contributed by atoms with Gasteiger partial charge in [-0.05, 0) is 13.8 Å². The number of sulfone groups is 1. The van der Waals surface area contributed by atoms with Gasteiger partial charge in [0.2, 0.25) is 0 Å². The van der Waals surface area contributed by atoms with Crippen LogP contribution in [0.25, 0.3) is 0 Å². The Kier molecular flexibility index (Phi) is 5.65. The van der Waals surface area contributed by atoms with E-state index in [0.717, 1.165) is 0 Å². The summed E-state index contributed by atoms with van der Waals surface area (Å²) in [6.45, 7) is 5.58. The van der Waals surface area contributed by atoms with Crippen molar-refractivity contribution in [2.75, 3.05) is 29.1 Å². The summed E-state index contributed by atoms with van der Waals surface area (Å²) in [5.41, 5.74) is 6.15. The number of thiophene rings is 1. The van der Waals surface area contributed by atoms with Crippen LogP contribution >= 0.6 is 11.3 Å². The van der Waals surface area contributed by atoms with Crippen LogP contribution in [0.4, 0.5) is 10.7 Å². The lowest BCUT2D eigenvalue weighted by atomic mass is 10.3. The van der Waals surface area contributed by atoms with E-state index in [1.165, 1.54) is 11.3 Å². The van der Waals surface area contributed by atoms with Crippen LogP contribution in [-0.2, 0) is 9.84 Å². The van der Waals surface area contributed by atoms with Crippen LogP contribution in [0.15, 0.2) is 0 Å². The van der Waals surface area contributed by atoms with Crippen LogP contribution in [0, 0.1) is 11.3 Å². The minimum Gasteiger partial charge on any atom is -0.486 e. The minimum atomic E-state index is -3.03. The number of nitrogens with one attached hydrogen (secondary N) is 1. The van der Waals surface area contributed by atoms with Gasteiger partial charge in [-0.3, -0.25) is 0 Å². The summed E-state index contributed by atoms with van der Waals surface area (Å²) >= 11 is 1.17. The van der Waals surface area contributed by atoms with Crippen molar-refractivity contribution in [3.63, 3.8) is 0 Å². The van der Waals surface area contributed by atoms with Gasteiger partial charge in [0.15, 0.2) is 15.6 Å². The molecule has 0 saturated heterocycles. The molecule has 0 radical (unpaired) electrons. The van der Waals surface area contributed by atoms with Gasteiger partial charge in [-0.1, -0.05) is 6.92 Å². The zero-order valence-electron chi connectivity index (χ0n) is 11.8. The topological polar surface area (TPSA) is 105 Å². The highest BCUT2D eigenvalue weighted by atomic mass is 32.2. The molecule has 0 atom stereocenters. The molecule has 1 rings (SSSR count). The quantitative estimate of drug-likeness (QED) is 0.795. The maximum absolute atomic E-state index is 11.4. The molecule has 0 spiro atoms. The normalized spacial score (nSPS) is 11.3. The van der Waals surface area contributed by atoms with Crippen molar-refractivity contribution in [1.82, 2.24) is 0 Å². The molecule has 0 unspecified atom stereocenters. The second-order valence-electron chi connectivity index (χ2n) is 4.44. The van der Waals surface area contributed by atoms with Crippen molar-refractivity contribution in [3.8, 4) is 11.8 Å². The van der Waals surface area contributed by atoms with E-state index in [-0.39, 0.29) is 24.2 Å². The molecule has 0 bridgehead atoms. The highest BCUT2D eigenvalue weighted by Crippen LogP contribution is 2.42. The van der Waals surface area contributed by atoms with E-state index in [0.29, 0.717) is 21.3 Å². The fraction of sp³-hybridized carbons (Fsp3) is 0.583. The summed E-state index contributed by atoms with van der Waals surface area (Å²) in [5, 5.41) is 12.6. The summed E-state index contributed by atoms with van der Waals surface area (Å²) in [6.07, 6.45) is -0.0848. The molecule has 3 N–H and O–H groups in total. The SMILES string of the molecule is CCS(=O)(=O)CCNc1sc(C#N)c(N)c1OC(C)C. The molecular weight excluding hydrogens is 298 g/mol. The smallest absolute Gasteiger partial charge is 0.178 e. The minimum absolute atomic E-state index is 0.0321. The molecule has 0 aromatic carbocycles. The van der Waals surface area contributed by atoms with Crippen molar-refractivity contribution in [2.45, 2.75) is 26.9 Å². The van der Waals surface area contributed by atoms with E-state index in [1.54, 1.807) is 6.92 Å². The number of ether oxygens (including phenoxy) is 1. The Labute approximate surface area is 123 Å². The third-order valence-corrected chi connectivity index (χ3v) is 5.25. The number of nitriles is 1. The number of nitrogens with zero attached hydrogens (tertiary/aromatic N) is 1. The van der Waals surface area contributed by atoms with Gasteiger partial charge >= 0.3 is 0 Å². The third-order valence-electron chi connectivity index (χ3n) is 2.49. The number of anilines is 2. The van der Waals surface area contributed by atoms with Gasteiger partial charge in [-0.2, -0.15) is 5.26 Å². The maximum Gasteiger partial charge on any atom is 0.178 e. The van der Waals surface area contributed by atoms with Crippen LogP contribution in [0.2, 0.25) is 0 Å². The van der Waals surface area contributed by atoms with E-state index in [2.05, 4.69) is 5.32 Å². The fourth-order valence-electron chi connectivity index (χ4n) is 1.45. The van der Waals surface area contributed by atoms with Gasteiger partial charge in [0.25, 0.3) is 0 Å². The van der Waals surface area contributed by atoms with Crippen LogP contribution in [0.3, 0.4) is 0 Å². The van der Waals surface area contributed by atoms with Gasteiger partial charge in [0.1, 0.15) is 21.6 Å². The van der Waals surface area contributed by atoms with Gasteiger partial charge in [0.05, 0.1) is 11.9 Å². The first-order valence-corrected chi connectivity index (χ1v) is 8.87. The Morgan fingerprint density at radius 3 is 2.65 bits per heavy atom. The second kappa shape index (κ2) is 6.81. The van der Waals surface area contributed by atoms with E-state index in [9.17, 15) is 8.42 Å². The average Bonchev–Trinajstić information content (AvgIpc) is 2.66. The lowest BCUT2D eigenvalue weighted by molar-refractivity contribution is 0.246. The molecule has 0 fully saturated rings. The van der Waals surface area contributed by atoms with Crippen molar-refractivity contribution < 1.29 is 13.2 Å². The molecule has 20 heavy (non-hydrogen) atoms. The van der Waals surface area contributed by atoms with Crippen LogP contribution in [-0.4, -0.2) is 32.6 Å². The average molecular weight is 317 g/mol. The van der Waals surface area contributed by atoms with E-state index >= 15 is 0 Å². The predicted octanol–water partition coefficient (Wildman–Crippen LogP) is 1.84. The molecule has 1 heterocycles. The van der Waals surface area contributed by atoms with E-state index in [1.807, 2.05) is 19.9 Å². The van der Waals surface area contributed by atoms with Gasteiger partial charge in [-0.25, -0.2) is 8.42 Å². The maximum atomic E-state index is 11.4. The first-order valence-electron chi connectivity index (χ1n) is 6.24. The summed E-state index contributed by atoms with van der Waals surface area (Å²) in [6, 6.07) is 2.00. The molecule has 0 amide bonds. The zero-order valence-corrected chi connectivity index (χ0v) is 13.4. The molecule has 1 aromatic heterocycles. The van der Waals surface area contributed by atoms with Crippen molar-refractivity contribution in [3.05, 3.63) is 4.88 Å². The highest BCUT2D eigenvalue weighted by molar-refractivity contribution is 7.91. The van der Waals surface area contributed by atoms with Crippen molar-refractivity contribution in [2.24, 2.45) is 0 Å². The van der Waals surface area contributed by atoms with Gasteiger partial charge in [-0.15, -0.1) is 11.3 Å². The number of nitrogens with two attached hydrogens (primary N) is 1. The van der Waals surface area contributed by atoms with Crippen LogP contribution in [0.1, 0.15) is 25.6 Å². The summed E-state index contributed by atoms with van der Waals surface area (Å²) < 4.78 is 28.5. The molecule has 6 nitrogen and oxygen atoms in total. The first-order chi connectivity index (χ1) is 9.30. The Morgan fingerprint density at radius 1 is 1.50 bits per heavy atom. The Balaban J connectivity index is 2.86. The Hall–Kier alpha value is -1.46. The molecule has 0 aliphatic rings. The molecule has 0 saturated carbocycles. The lowest BCUT2D eigenvalue weighted by Gasteiger charge is -2.12. The lowest BCUT2D eigenvalue weighted by Crippen LogP contribution is -2.17. The predicted molar refractivity (Wildman–Crippen MR) is 82.0 cm³/mol. The Bertz CT molecular complexity index is 600. The molecule has 8 heteroatoms. The van der Waals surface area contributed by atoms with E-state index in [4.69, 9.17) is 15.7 Å². The number of hydrogen-bond acceptors (Lipinski definition) is 7. The molecule has 0 aliphatic heterocycles. The third kappa shape index (κ3) is 4.28. The van der Waals surface area contributed by atoms with Gasteiger partial charge < -0.3 is 15.8 Å². The summed E-state index contributed by atoms with van der Waals surface area (Å²) in [5.74, 6) is 0.570. The van der Waals surface area contributed by atoms with Crippen LogP contribution in [0.5, 0.6) is 5.75 Å². The largest absolute Gasteiger partial charge is 0.486 e. The van der Waals surface area contributed by atoms with Crippen LogP contribution < -0.4 is 15.8 Å². The molecule has 112 valence electrons. The van der Waals surface area contributed by atoms with Crippen molar-refractivity contribution in [1.29, 1.82) is 5.26 Å². The second-order valence-corrected chi connectivity index (χ2v) is 7.94. The fourth-order valence-corrected chi connectivity index (χ4v) is 3.02. The first kappa shape index (κ1) is 16.6. The number of nitrogen functional groups attached to an aromatic ring is 1. The standard InChI is InChI=1S/C12H19N3O3S2/c1-4-20(16,17)6-5-15-12-11(18-8(2)3)10(14)9(7-13)19-12/h8,15H,4-6,14H2,1-3H3. The van der Waals surface area contributed by atoms with E-state index < -0.39 is 9.84 Å². The Morgan fingerprint density at radius 2 is 2.15 bits per heavy atom. The van der Waals surface area contributed by atoms with Gasteiger partial charge in [0, 0.05) is 12.3 Å². The molecule has 0 aliphatic carbocycles.